The highest BCUT2D eigenvalue weighted by Gasteiger charge is 2.22. The van der Waals surface area contributed by atoms with Crippen molar-refractivity contribution in [3.63, 3.8) is 0 Å². The number of nitrogens with zero attached hydrogens (tertiary/aromatic N) is 3. The molecule has 1 aromatic heterocycles. The van der Waals surface area contributed by atoms with Crippen LogP contribution < -0.4 is 10.1 Å². The number of sulfonamides is 1. The van der Waals surface area contributed by atoms with Gasteiger partial charge in [-0.1, -0.05) is 17.7 Å². The predicted molar refractivity (Wildman–Crippen MR) is 109 cm³/mol. The van der Waals surface area contributed by atoms with E-state index < -0.39 is 15.9 Å². The van der Waals surface area contributed by atoms with Crippen LogP contribution in [0.5, 0.6) is 11.6 Å². The molecule has 0 spiro atoms. The Balaban J connectivity index is 1.81. The molecule has 0 aliphatic carbocycles. The first-order chi connectivity index (χ1) is 13.8. The molecule has 3 rings (SSSR count). The maximum absolute atomic E-state index is 12.6. The quantitative estimate of drug-likeness (QED) is 0.640. The second-order valence-corrected chi connectivity index (χ2v) is 8.59. The zero-order valence-electron chi connectivity index (χ0n) is 15.5. The Hall–Kier alpha value is -3.01. The Kier molecular flexibility index (Phi) is 6.12. The second-order valence-electron chi connectivity index (χ2n) is 6.06. The minimum absolute atomic E-state index is 0.0367. The van der Waals surface area contributed by atoms with E-state index in [2.05, 4.69) is 15.3 Å². The first-order valence-corrected chi connectivity index (χ1v) is 10.2. The average Bonchev–Trinajstić information content (AvgIpc) is 2.69. The average molecular weight is 433 g/mol. The highest BCUT2D eigenvalue weighted by Crippen LogP contribution is 2.26. The summed E-state index contributed by atoms with van der Waals surface area (Å²) < 4.78 is 31.4. The van der Waals surface area contributed by atoms with Crippen LogP contribution in [0.4, 0.5) is 5.69 Å². The lowest BCUT2D eigenvalue weighted by Crippen LogP contribution is -2.23. The number of carbonyl (C=O) groups excluding carboxylic acids is 1. The largest absolute Gasteiger partial charge is 0.437 e. The Morgan fingerprint density at radius 3 is 2.62 bits per heavy atom. The third kappa shape index (κ3) is 4.89. The number of ether oxygens (including phenoxy) is 1. The molecule has 3 aromatic rings. The SMILES string of the molecule is CN(C)S(=O)(=O)c1cc(C(=O)Nc2cccc(Oc3cnccn3)c2)ccc1Cl. The number of aromatic nitrogens is 2. The smallest absolute Gasteiger partial charge is 0.255 e. The van der Waals surface area contributed by atoms with Gasteiger partial charge in [-0.3, -0.25) is 9.78 Å². The van der Waals surface area contributed by atoms with Gasteiger partial charge in [0, 0.05) is 43.8 Å². The number of carbonyl (C=O) groups is 1. The summed E-state index contributed by atoms with van der Waals surface area (Å²) in [6, 6.07) is 10.8. The molecule has 0 unspecified atom stereocenters. The van der Waals surface area contributed by atoms with E-state index in [1.807, 2.05) is 0 Å². The number of rotatable bonds is 6. The van der Waals surface area contributed by atoms with E-state index in [1.165, 1.54) is 50.9 Å². The fourth-order valence-corrected chi connectivity index (χ4v) is 3.73. The third-order valence-corrected chi connectivity index (χ3v) is 6.10. The van der Waals surface area contributed by atoms with E-state index >= 15 is 0 Å². The summed E-state index contributed by atoms with van der Waals surface area (Å²) >= 11 is 6.02. The number of hydrogen-bond donors (Lipinski definition) is 1. The molecule has 1 heterocycles. The lowest BCUT2D eigenvalue weighted by Gasteiger charge is -2.14. The van der Waals surface area contributed by atoms with Crippen LogP contribution in [-0.4, -0.2) is 42.7 Å². The maximum atomic E-state index is 12.6. The van der Waals surface area contributed by atoms with Gasteiger partial charge in [-0.05, 0) is 30.3 Å². The van der Waals surface area contributed by atoms with Gasteiger partial charge in [-0.15, -0.1) is 0 Å². The van der Waals surface area contributed by atoms with Crippen LogP contribution in [0.25, 0.3) is 0 Å². The summed E-state index contributed by atoms with van der Waals surface area (Å²) in [6.45, 7) is 0. The van der Waals surface area contributed by atoms with Gasteiger partial charge >= 0.3 is 0 Å². The highest BCUT2D eigenvalue weighted by atomic mass is 35.5. The first-order valence-electron chi connectivity index (χ1n) is 8.35. The lowest BCUT2D eigenvalue weighted by atomic mass is 10.2. The van der Waals surface area contributed by atoms with Crippen molar-refractivity contribution in [2.24, 2.45) is 0 Å². The lowest BCUT2D eigenvalue weighted by molar-refractivity contribution is 0.102. The Labute approximate surface area is 173 Å². The van der Waals surface area contributed by atoms with Crippen molar-refractivity contribution in [1.82, 2.24) is 14.3 Å². The van der Waals surface area contributed by atoms with Crippen LogP contribution >= 0.6 is 11.6 Å². The molecule has 0 atom stereocenters. The van der Waals surface area contributed by atoms with E-state index in [-0.39, 0.29) is 15.5 Å². The Morgan fingerprint density at radius 2 is 1.93 bits per heavy atom. The summed E-state index contributed by atoms with van der Waals surface area (Å²) in [5, 5.41) is 2.74. The molecule has 150 valence electrons. The second kappa shape index (κ2) is 8.56. The third-order valence-electron chi connectivity index (χ3n) is 3.81. The van der Waals surface area contributed by atoms with Gasteiger partial charge in [0.1, 0.15) is 10.6 Å². The number of hydrogen-bond acceptors (Lipinski definition) is 6. The molecule has 1 N–H and O–H groups in total. The van der Waals surface area contributed by atoms with Crippen LogP contribution in [0.1, 0.15) is 10.4 Å². The summed E-state index contributed by atoms with van der Waals surface area (Å²) in [6.07, 6.45) is 4.49. The van der Waals surface area contributed by atoms with Gasteiger partial charge in [-0.25, -0.2) is 17.7 Å². The normalized spacial score (nSPS) is 11.3. The summed E-state index contributed by atoms with van der Waals surface area (Å²) in [7, 11) is -1.01. The van der Waals surface area contributed by atoms with Gasteiger partial charge < -0.3 is 10.1 Å². The molecule has 0 saturated heterocycles. The summed E-state index contributed by atoms with van der Waals surface area (Å²) in [4.78, 5) is 20.4. The minimum Gasteiger partial charge on any atom is -0.437 e. The van der Waals surface area contributed by atoms with Crippen molar-refractivity contribution < 1.29 is 17.9 Å². The van der Waals surface area contributed by atoms with Crippen molar-refractivity contribution >= 4 is 33.2 Å². The number of halogens is 1. The van der Waals surface area contributed by atoms with Crippen molar-refractivity contribution in [2.45, 2.75) is 4.90 Å². The van der Waals surface area contributed by atoms with Gasteiger partial charge in [0.15, 0.2) is 0 Å². The topological polar surface area (TPSA) is 101 Å². The molecule has 1 amide bonds. The van der Waals surface area contributed by atoms with Crippen molar-refractivity contribution in [1.29, 1.82) is 0 Å². The van der Waals surface area contributed by atoms with Gasteiger partial charge in [-0.2, -0.15) is 0 Å². The van der Waals surface area contributed by atoms with Crippen LogP contribution in [0.3, 0.4) is 0 Å². The van der Waals surface area contributed by atoms with Crippen LogP contribution in [0.15, 0.2) is 66.0 Å². The molecule has 29 heavy (non-hydrogen) atoms. The minimum atomic E-state index is -3.79. The fraction of sp³-hybridized carbons (Fsp3) is 0.105. The number of anilines is 1. The molecular weight excluding hydrogens is 416 g/mol. The van der Waals surface area contributed by atoms with E-state index in [1.54, 1.807) is 24.3 Å². The van der Waals surface area contributed by atoms with E-state index in [0.29, 0.717) is 17.3 Å². The molecule has 0 fully saturated rings. The van der Waals surface area contributed by atoms with Crippen LogP contribution in [0, 0.1) is 0 Å². The predicted octanol–water partition coefficient (Wildman–Crippen LogP) is 3.42. The number of benzene rings is 2. The van der Waals surface area contributed by atoms with E-state index in [4.69, 9.17) is 16.3 Å². The first kappa shape index (κ1) is 20.7. The van der Waals surface area contributed by atoms with E-state index in [9.17, 15) is 13.2 Å². The van der Waals surface area contributed by atoms with Gasteiger partial charge in [0.05, 0.1) is 11.2 Å². The number of nitrogens with one attached hydrogen (secondary N) is 1. The molecule has 0 aliphatic heterocycles. The molecule has 0 radical (unpaired) electrons. The molecule has 8 nitrogen and oxygen atoms in total. The van der Waals surface area contributed by atoms with Crippen LogP contribution in [-0.2, 0) is 10.0 Å². The maximum Gasteiger partial charge on any atom is 0.255 e. The number of amides is 1. The summed E-state index contributed by atoms with van der Waals surface area (Å²) in [5.41, 5.74) is 0.610. The molecule has 0 bridgehead atoms. The monoisotopic (exact) mass is 432 g/mol. The summed E-state index contributed by atoms with van der Waals surface area (Å²) in [5.74, 6) is 0.274. The van der Waals surface area contributed by atoms with Crippen molar-refractivity contribution in [3.8, 4) is 11.6 Å². The van der Waals surface area contributed by atoms with E-state index in [0.717, 1.165) is 4.31 Å². The highest BCUT2D eigenvalue weighted by molar-refractivity contribution is 7.89. The van der Waals surface area contributed by atoms with Gasteiger partial charge in [0.2, 0.25) is 15.9 Å². The molecular formula is C19H17ClN4O4S. The van der Waals surface area contributed by atoms with Crippen LogP contribution in [0.2, 0.25) is 5.02 Å². The fourth-order valence-electron chi connectivity index (χ4n) is 2.34. The van der Waals surface area contributed by atoms with Gasteiger partial charge in [0.25, 0.3) is 5.91 Å². The molecule has 2 aromatic carbocycles. The standard InChI is InChI=1S/C19H17ClN4O4S/c1-24(2)29(26,27)17-10-13(6-7-16(17)20)19(25)23-14-4-3-5-15(11-14)28-18-12-21-8-9-22-18/h3-12H,1-2H3,(H,23,25). The molecule has 0 aliphatic rings. The van der Waals surface area contributed by atoms with Crippen molar-refractivity contribution in [3.05, 3.63) is 71.6 Å². The Bertz CT molecular complexity index is 1140. The zero-order valence-corrected chi connectivity index (χ0v) is 17.1. The molecule has 10 heteroatoms. The molecule has 0 saturated carbocycles. The Morgan fingerprint density at radius 1 is 1.14 bits per heavy atom. The van der Waals surface area contributed by atoms with Crippen molar-refractivity contribution in [2.75, 3.05) is 19.4 Å². The zero-order chi connectivity index (χ0) is 21.0.